The molecular formula is C18H25F3N4O2. The van der Waals surface area contributed by atoms with Crippen molar-refractivity contribution in [3.8, 4) is 0 Å². The largest absolute Gasteiger partial charge is 0.416 e. The van der Waals surface area contributed by atoms with Crippen molar-refractivity contribution in [1.29, 1.82) is 0 Å². The Labute approximate surface area is 156 Å². The molecule has 1 aromatic rings. The molecule has 150 valence electrons. The number of amides is 3. The highest BCUT2D eigenvalue weighted by molar-refractivity contribution is 5.95. The van der Waals surface area contributed by atoms with Crippen LogP contribution in [0.1, 0.15) is 26.3 Å². The molecule has 6 nitrogen and oxygen atoms in total. The lowest BCUT2D eigenvalue weighted by Crippen LogP contribution is -2.53. The third kappa shape index (κ3) is 6.74. The molecule has 0 atom stereocenters. The number of alkyl halides is 3. The molecule has 0 radical (unpaired) electrons. The van der Waals surface area contributed by atoms with Crippen molar-refractivity contribution in [2.75, 3.05) is 37.6 Å². The highest BCUT2D eigenvalue weighted by Crippen LogP contribution is 2.31. The molecule has 1 aromatic carbocycles. The number of nitrogens with zero attached hydrogens (tertiary/aromatic N) is 2. The Bertz CT molecular complexity index is 678. The zero-order valence-corrected chi connectivity index (χ0v) is 15.7. The van der Waals surface area contributed by atoms with Crippen molar-refractivity contribution < 1.29 is 22.8 Å². The van der Waals surface area contributed by atoms with Gasteiger partial charge in [-0.25, -0.2) is 4.79 Å². The molecule has 0 unspecified atom stereocenters. The van der Waals surface area contributed by atoms with Crippen molar-refractivity contribution in [3.63, 3.8) is 0 Å². The number of urea groups is 1. The van der Waals surface area contributed by atoms with Crippen molar-refractivity contribution >= 4 is 17.6 Å². The average Bonchev–Trinajstić information content (AvgIpc) is 2.53. The minimum Gasteiger partial charge on any atom is -0.369 e. The molecule has 2 N–H and O–H groups in total. The van der Waals surface area contributed by atoms with Gasteiger partial charge in [0.25, 0.3) is 0 Å². The van der Waals surface area contributed by atoms with Gasteiger partial charge in [0.15, 0.2) is 0 Å². The molecule has 0 spiro atoms. The smallest absolute Gasteiger partial charge is 0.369 e. The van der Waals surface area contributed by atoms with Gasteiger partial charge in [0.05, 0.1) is 12.1 Å². The predicted octanol–water partition coefficient (Wildman–Crippen LogP) is 2.45. The summed E-state index contributed by atoms with van der Waals surface area (Å²) in [6, 6.07) is 4.68. The predicted molar refractivity (Wildman–Crippen MR) is 96.5 cm³/mol. The molecule has 1 aliphatic heterocycles. The first-order valence-corrected chi connectivity index (χ1v) is 8.70. The van der Waals surface area contributed by atoms with Gasteiger partial charge in [-0.2, -0.15) is 13.2 Å². The van der Waals surface area contributed by atoms with Gasteiger partial charge in [0, 0.05) is 37.4 Å². The number of anilines is 1. The molecule has 27 heavy (non-hydrogen) atoms. The van der Waals surface area contributed by atoms with Gasteiger partial charge in [0.1, 0.15) is 0 Å². The number of carbonyl (C=O) groups excluding carboxylic acids is 2. The van der Waals surface area contributed by atoms with E-state index in [1.165, 1.54) is 6.07 Å². The van der Waals surface area contributed by atoms with E-state index in [-0.39, 0.29) is 6.54 Å². The SMILES string of the molecule is CC(C)(C)NC(=O)NC(=O)CN1CCN(c2cccc(C(F)(F)F)c2)CC1. The summed E-state index contributed by atoms with van der Waals surface area (Å²) in [6.45, 7) is 7.53. The highest BCUT2D eigenvalue weighted by Gasteiger charge is 2.31. The fraction of sp³-hybridized carbons (Fsp3) is 0.556. The minimum atomic E-state index is -4.37. The topological polar surface area (TPSA) is 64.7 Å². The molecule has 0 bridgehead atoms. The molecule has 0 aliphatic carbocycles. The number of carbonyl (C=O) groups is 2. The Kier molecular flexibility index (Phi) is 6.35. The van der Waals surface area contributed by atoms with E-state index in [9.17, 15) is 22.8 Å². The van der Waals surface area contributed by atoms with Gasteiger partial charge in [-0.1, -0.05) is 6.07 Å². The van der Waals surface area contributed by atoms with Gasteiger partial charge >= 0.3 is 12.2 Å². The summed E-state index contributed by atoms with van der Waals surface area (Å²) < 4.78 is 38.5. The van der Waals surface area contributed by atoms with Crippen molar-refractivity contribution in [2.45, 2.75) is 32.5 Å². The van der Waals surface area contributed by atoms with E-state index in [1.807, 2.05) is 30.6 Å². The lowest BCUT2D eigenvalue weighted by molar-refractivity contribution is -0.137. The number of hydrogen-bond donors (Lipinski definition) is 2. The Balaban J connectivity index is 1.83. The van der Waals surface area contributed by atoms with E-state index in [0.717, 1.165) is 12.1 Å². The van der Waals surface area contributed by atoms with E-state index in [2.05, 4.69) is 10.6 Å². The van der Waals surface area contributed by atoms with E-state index >= 15 is 0 Å². The summed E-state index contributed by atoms with van der Waals surface area (Å²) in [4.78, 5) is 27.4. The van der Waals surface area contributed by atoms with Gasteiger partial charge in [-0.05, 0) is 39.0 Å². The van der Waals surface area contributed by atoms with Crippen LogP contribution in [0.25, 0.3) is 0 Å². The van der Waals surface area contributed by atoms with Crippen LogP contribution in [0, 0.1) is 0 Å². The lowest BCUT2D eigenvalue weighted by atomic mass is 10.1. The zero-order chi connectivity index (χ0) is 20.2. The summed E-state index contributed by atoms with van der Waals surface area (Å²) in [7, 11) is 0. The third-order valence-corrected chi connectivity index (χ3v) is 4.02. The van der Waals surface area contributed by atoms with Crippen LogP contribution in [0.3, 0.4) is 0 Å². The number of hydrogen-bond acceptors (Lipinski definition) is 4. The fourth-order valence-electron chi connectivity index (χ4n) is 2.78. The second-order valence-electron chi connectivity index (χ2n) is 7.56. The number of halogens is 3. The van der Waals surface area contributed by atoms with Crippen molar-refractivity contribution in [1.82, 2.24) is 15.5 Å². The van der Waals surface area contributed by atoms with Gasteiger partial charge in [-0.15, -0.1) is 0 Å². The standard InChI is InChI=1S/C18H25F3N4O2/c1-17(2,3)23-16(27)22-15(26)12-24-7-9-25(10-8-24)14-6-4-5-13(11-14)18(19,20)21/h4-6,11H,7-10,12H2,1-3H3,(H2,22,23,26,27). The van der Waals surface area contributed by atoms with Gasteiger partial charge in [0.2, 0.25) is 5.91 Å². The van der Waals surface area contributed by atoms with Crippen LogP contribution in [0.4, 0.5) is 23.7 Å². The number of piperazine rings is 1. The first kappa shape index (κ1) is 21.0. The Hall–Kier alpha value is -2.29. The molecule has 2 rings (SSSR count). The van der Waals surface area contributed by atoms with Crippen LogP contribution in [-0.2, 0) is 11.0 Å². The van der Waals surface area contributed by atoms with Crippen LogP contribution in [0.15, 0.2) is 24.3 Å². The van der Waals surface area contributed by atoms with E-state index in [4.69, 9.17) is 0 Å². The van der Waals surface area contributed by atoms with Crippen LogP contribution in [0.2, 0.25) is 0 Å². The zero-order valence-electron chi connectivity index (χ0n) is 15.7. The maximum atomic E-state index is 12.8. The molecule has 1 fully saturated rings. The molecular weight excluding hydrogens is 361 g/mol. The van der Waals surface area contributed by atoms with Gasteiger partial charge < -0.3 is 10.2 Å². The molecule has 0 saturated carbocycles. The highest BCUT2D eigenvalue weighted by atomic mass is 19.4. The molecule has 3 amide bonds. The fourth-order valence-corrected chi connectivity index (χ4v) is 2.78. The van der Waals surface area contributed by atoms with Crippen LogP contribution in [-0.4, -0.2) is 55.1 Å². The number of nitrogens with one attached hydrogen (secondary N) is 2. The summed E-state index contributed by atoms with van der Waals surface area (Å²) in [5.74, 6) is -0.413. The van der Waals surface area contributed by atoms with Crippen LogP contribution < -0.4 is 15.5 Å². The number of rotatable bonds is 3. The Morgan fingerprint density at radius 3 is 2.26 bits per heavy atom. The molecule has 9 heteroatoms. The lowest BCUT2D eigenvalue weighted by Gasteiger charge is -2.36. The van der Waals surface area contributed by atoms with Crippen molar-refractivity contribution in [3.05, 3.63) is 29.8 Å². The Morgan fingerprint density at radius 1 is 1.07 bits per heavy atom. The quantitative estimate of drug-likeness (QED) is 0.838. The summed E-state index contributed by atoms with van der Waals surface area (Å²) in [5, 5.41) is 4.93. The third-order valence-electron chi connectivity index (χ3n) is 4.02. The molecule has 1 heterocycles. The normalized spacial score (nSPS) is 16.1. The van der Waals surface area contributed by atoms with E-state index in [0.29, 0.717) is 31.9 Å². The van der Waals surface area contributed by atoms with E-state index in [1.54, 1.807) is 6.07 Å². The maximum absolute atomic E-state index is 12.8. The second-order valence-corrected chi connectivity index (χ2v) is 7.56. The van der Waals surface area contributed by atoms with E-state index < -0.39 is 29.2 Å². The number of benzene rings is 1. The first-order valence-electron chi connectivity index (χ1n) is 8.70. The van der Waals surface area contributed by atoms with Gasteiger partial charge in [-0.3, -0.25) is 15.0 Å². The summed E-state index contributed by atoms with van der Waals surface area (Å²) in [5.41, 5.74) is -0.605. The monoisotopic (exact) mass is 386 g/mol. The average molecular weight is 386 g/mol. The summed E-state index contributed by atoms with van der Waals surface area (Å²) >= 11 is 0. The number of imide groups is 1. The van der Waals surface area contributed by atoms with Crippen molar-refractivity contribution in [2.24, 2.45) is 0 Å². The van der Waals surface area contributed by atoms with Crippen LogP contribution in [0.5, 0.6) is 0 Å². The first-order chi connectivity index (χ1) is 12.4. The molecule has 1 aliphatic rings. The molecule has 1 saturated heterocycles. The van der Waals surface area contributed by atoms with Crippen LogP contribution >= 0.6 is 0 Å². The second kappa shape index (κ2) is 8.16. The minimum absolute atomic E-state index is 0.0635. The Morgan fingerprint density at radius 2 is 1.70 bits per heavy atom. The molecule has 0 aromatic heterocycles. The maximum Gasteiger partial charge on any atom is 0.416 e. The summed E-state index contributed by atoms with van der Waals surface area (Å²) in [6.07, 6.45) is -4.37.